The van der Waals surface area contributed by atoms with E-state index in [1.807, 2.05) is 28.3 Å². The van der Waals surface area contributed by atoms with Crippen LogP contribution in [-0.4, -0.2) is 29.9 Å². The average Bonchev–Trinajstić information content (AvgIpc) is 3.32. The van der Waals surface area contributed by atoms with Gasteiger partial charge in [-0.2, -0.15) is 5.10 Å². The number of amides is 1. The molecule has 0 atom stereocenters. The van der Waals surface area contributed by atoms with Crippen molar-refractivity contribution < 1.29 is 9.53 Å². The number of thiazole rings is 1. The van der Waals surface area contributed by atoms with Crippen LogP contribution >= 0.6 is 11.3 Å². The molecule has 1 aliphatic carbocycles. The molecule has 7 heteroatoms. The fourth-order valence-electron chi connectivity index (χ4n) is 3.62. The largest absolute Gasteiger partial charge is 0.482 e. The lowest BCUT2D eigenvalue weighted by Crippen LogP contribution is -2.25. The van der Waals surface area contributed by atoms with Crippen molar-refractivity contribution in [2.24, 2.45) is 10.1 Å². The molecular weight excluding hydrogens is 372 g/mol. The van der Waals surface area contributed by atoms with E-state index < -0.39 is 0 Å². The van der Waals surface area contributed by atoms with E-state index in [0.29, 0.717) is 11.4 Å². The quantitative estimate of drug-likeness (QED) is 0.730. The van der Waals surface area contributed by atoms with Crippen molar-refractivity contribution in [2.45, 2.75) is 12.8 Å². The van der Waals surface area contributed by atoms with Crippen molar-refractivity contribution in [3.63, 3.8) is 0 Å². The van der Waals surface area contributed by atoms with Gasteiger partial charge in [-0.25, -0.2) is 4.68 Å². The number of carbonyl (C=O) groups is 1. The molecule has 3 aromatic rings. The van der Waals surface area contributed by atoms with Crippen molar-refractivity contribution >= 4 is 28.6 Å². The Hall–Kier alpha value is -3.19. The molecule has 1 aliphatic heterocycles. The fraction of sp³-hybridized carbons (Fsp3) is 0.190. The molecule has 0 bridgehead atoms. The first-order chi connectivity index (χ1) is 13.7. The Morgan fingerprint density at radius 1 is 1.18 bits per heavy atom. The normalized spacial score (nSPS) is 17.2. The minimum absolute atomic E-state index is 0.0523. The van der Waals surface area contributed by atoms with Gasteiger partial charge in [0.2, 0.25) is 4.80 Å². The number of carbonyl (C=O) groups excluding carboxylic acids is 1. The molecule has 2 aliphatic rings. The molecule has 0 spiro atoms. The number of hydrogen-bond acceptors (Lipinski definition) is 5. The molecule has 0 saturated carbocycles. The minimum atomic E-state index is -0.144. The van der Waals surface area contributed by atoms with E-state index in [0.717, 1.165) is 34.6 Å². The van der Waals surface area contributed by atoms with Gasteiger partial charge >= 0.3 is 0 Å². The lowest BCUT2D eigenvalue weighted by Gasteiger charge is -2.18. The zero-order valence-electron chi connectivity index (χ0n) is 15.3. The van der Waals surface area contributed by atoms with Crippen LogP contribution in [0.4, 0.5) is 5.69 Å². The first-order valence-electron chi connectivity index (χ1n) is 9.09. The minimum Gasteiger partial charge on any atom is -0.482 e. The van der Waals surface area contributed by atoms with E-state index in [-0.39, 0.29) is 12.5 Å². The second kappa shape index (κ2) is 6.76. The molecule has 5 rings (SSSR count). The van der Waals surface area contributed by atoms with Crippen LogP contribution in [0, 0.1) is 0 Å². The predicted octanol–water partition coefficient (Wildman–Crippen LogP) is 3.28. The van der Waals surface area contributed by atoms with Crippen LogP contribution in [-0.2, 0) is 11.2 Å². The van der Waals surface area contributed by atoms with Gasteiger partial charge < -0.3 is 10.1 Å². The summed E-state index contributed by atoms with van der Waals surface area (Å²) in [6.45, 7) is 0.0523. The number of nitrogens with zero attached hydrogens (tertiary/aromatic N) is 3. The molecule has 0 fully saturated rings. The summed E-state index contributed by atoms with van der Waals surface area (Å²) >= 11 is 1.54. The number of nitrogens with one attached hydrogen (secondary N) is 1. The van der Waals surface area contributed by atoms with Crippen LogP contribution in [0.2, 0.25) is 0 Å². The van der Waals surface area contributed by atoms with Crippen LogP contribution < -0.4 is 14.9 Å². The Kier molecular flexibility index (Phi) is 4.09. The topological polar surface area (TPSA) is 68.0 Å². The number of aryl methyl sites for hydroxylation is 1. The van der Waals surface area contributed by atoms with Gasteiger partial charge in [0.05, 0.1) is 17.1 Å². The summed E-state index contributed by atoms with van der Waals surface area (Å²) in [5.41, 5.74) is 6.18. The van der Waals surface area contributed by atoms with Crippen molar-refractivity contribution in [2.75, 3.05) is 19.0 Å². The molecule has 28 heavy (non-hydrogen) atoms. The summed E-state index contributed by atoms with van der Waals surface area (Å²) in [7, 11) is 1.77. The molecule has 0 unspecified atom stereocenters. The zero-order valence-corrected chi connectivity index (χ0v) is 16.1. The SMILES string of the molecule is CN=c1scc(-c2ccc3c(c2)NC(=O)CO3)n1N=C1CCc2ccccc21. The monoisotopic (exact) mass is 390 g/mol. The Morgan fingerprint density at radius 2 is 2.07 bits per heavy atom. The number of anilines is 1. The molecule has 0 radical (unpaired) electrons. The highest BCUT2D eigenvalue weighted by Crippen LogP contribution is 2.33. The van der Waals surface area contributed by atoms with Crippen LogP contribution in [0.15, 0.2) is 57.9 Å². The maximum Gasteiger partial charge on any atom is 0.262 e. The number of rotatable bonds is 2. The van der Waals surface area contributed by atoms with Gasteiger partial charge in [0.25, 0.3) is 5.91 Å². The maximum absolute atomic E-state index is 11.7. The van der Waals surface area contributed by atoms with Crippen LogP contribution in [0.25, 0.3) is 11.3 Å². The highest BCUT2D eigenvalue weighted by atomic mass is 32.1. The molecule has 1 aromatic heterocycles. The van der Waals surface area contributed by atoms with Gasteiger partial charge in [-0.15, -0.1) is 11.3 Å². The summed E-state index contributed by atoms with van der Waals surface area (Å²) in [6.07, 6.45) is 1.93. The predicted molar refractivity (Wildman–Crippen MR) is 110 cm³/mol. The molecule has 2 aromatic carbocycles. The lowest BCUT2D eigenvalue weighted by atomic mass is 10.1. The van der Waals surface area contributed by atoms with E-state index in [1.165, 1.54) is 11.1 Å². The van der Waals surface area contributed by atoms with Crippen molar-refractivity contribution in [1.82, 2.24) is 4.68 Å². The van der Waals surface area contributed by atoms with E-state index in [4.69, 9.17) is 9.84 Å². The van der Waals surface area contributed by atoms with Crippen molar-refractivity contribution in [3.8, 4) is 17.0 Å². The van der Waals surface area contributed by atoms with Gasteiger partial charge in [-0.1, -0.05) is 24.3 Å². The van der Waals surface area contributed by atoms with E-state index in [1.54, 1.807) is 18.4 Å². The van der Waals surface area contributed by atoms with Gasteiger partial charge in [0, 0.05) is 23.6 Å². The third kappa shape index (κ3) is 2.84. The Morgan fingerprint density at radius 3 is 2.96 bits per heavy atom. The molecule has 2 heterocycles. The first kappa shape index (κ1) is 16.9. The second-order valence-electron chi connectivity index (χ2n) is 6.69. The first-order valence-corrected chi connectivity index (χ1v) is 9.97. The fourth-order valence-corrected chi connectivity index (χ4v) is 4.42. The standard InChI is InChI=1S/C21H18N4O2S/c1-22-21-25(24-16-8-6-13-4-2-3-5-15(13)16)18(12-28-21)14-7-9-19-17(10-14)23-20(26)11-27-19/h2-5,7,9-10,12H,6,8,11H2,1H3,(H,23,26). The molecular formula is C21H18N4O2S. The second-order valence-corrected chi connectivity index (χ2v) is 7.53. The summed E-state index contributed by atoms with van der Waals surface area (Å²) in [5.74, 6) is 0.538. The summed E-state index contributed by atoms with van der Waals surface area (Å²) < 4.78 is 7.37. The molecule has 6 nitrogen and oxygen atoms in total. The highest BCUT2D eigenvalue weighted by molar-refractivity contribution is 7.07. The van der Waals surface area contributed by atoms with Gasteiger partial charge in [0.1, 0.15) is 5.75 Å². The lowest BCUT2D eigenvalue weighted by molar-refractivity contribution is -0.118. The van der Waals surface area contributed by atoms with Crippen molar-refractivity contribution in [3.05, 3.63) is 63.8 Å². The molecule has 1 N–H and O–H groups in total. The van der Waals surface area contributed by atoms with Gasteiger partial charge in [-0.05, 0) is 36.6 Å². The van der Waals surface area contributed by atoms with Crippen molar-refractivity contribution in [1.29, 1.82) is 0 Å². The average molecular weight is 390 g/mol. The summed E-state index contributed by atoms with van der Waals surface area (Å²) in [5, 5.41) is 9.87. The highest BCUT2D eigenvalue weighted by Gasteiger charge is 2.20. The smallest absolute Gasteiger partial charge is 0.262 e. The molecule has 140 valence electrons. The van der Waals surface area contributed by atoms with Gasteiger partial charge in [-0.3, -0.25) is 9.79 Å². The maximum atomic E-state index is 11.7. The summed E-state index contributed by atoms with van der Waals surface area (Å²) in [4.78, 5) is 16.9. The third-order valence-electron chi connectivity index (χ3n) is 4.96. The van der Waals surface area contributed by atoms with Crippen LogP contribution in [0.3, 0.4) is 0 Å². The number of aromatic nitrogens is 1. The summed E-state index contributed by atoms with van der Waals surface area (Å²) in [6, 6.07) is 14.2. The van der Waals surface area contributed by atoms with E-state index in [9.17, 15) is 4.79 Å². The number of ether oxygens (including phenoxy) is 1. The Balaban J connectivity index is 1.62. The third-order valence-corrected chi connectivity index (χ3v) is 5.87. The number of benzene rings is 2. The number of fused-ring (bicyclic) bond motifs is 2. The van der Waals surface area contributed by atoms with Crippen LogP contribution in [0.5, 0.6) is 5.75 Å². The Bertz CT molecular complexity index is 1190. The van der Waals surface area contributed by atoms with E-state index in [2.05, 4.69) is 34.6 Å². The number of hydrogen-bond donors (Lipinski definition) is 1. The van der Waals surface area contributed by atoms with Gasteiger partial charge in [0.15, 0.2) is 6.61 Å². The zero-order chi connectivity index (χ0) is 19.1. The van der Waals surface area contributed by atoms with Crippen LogP contribution in [0.1, 0.15) is 17.5 Å². The molecule has 0 saturated heterocycles. The molecule has 1 amide bonds. The van der Waals surface area contributed by atoms with E-state index >= 15 is 0 Å². The Labute approximate surface area is 165 Å².